The van der Waals surface area contributed by atoms with Gasteiger partial charge < -0.3 is 23.7 Å². The predicted octanol–water partition coefficient (Wildman–Crippen LogP) is 5.22. The first kappa shape index (κ1) is 21.3. The fraction of sp³-hybridized carbons (Fsp3) is 0.192. The van der Waals surface area contributed by atoms with E-state index in [-0.39, 0.29) is 11.5 Å². The summed E-state index contributed by atoms with van der Waals surface area (Å²) in [7, 11) is 4.77. The van der Waals surface area contributed by atoms with E-state index in [1.54, 1.807) is 45.6 Å². The van der Waals surface area contributed by atoms with Gasteiger partial charge in [-0.2, -0.15) is 0 Å². The fourth-order valence-corrected chi connectivity index (χ4v) is 3.58. The number of benzene rings is 3. The van der Waals surface area contributed by atoms with E-state index < -0.39 is 0 Å². The lowest BCUT2D eigenvalue weighted by molar-refractivity contribution is 0.101. The van der Waals surface area contributed by atoms with Crippen LogP contribution in [0.3, 0.4) is 0 Å². The maximum Gasteiger partial charge on any atom is 0.232 e. The van der Waals surface area contributed by atoms with Crippen LogP contribution in [0, 0.1) is 6.92 Å². The lowest BCUT2D eigenvalue weighted by atomic mass is 10.0. The minimum atomic E-state index is -0.161. The number of methoxy groups -OCH3 is 3. The van der Waals surface area contributed by atoms with Gasteiger partial charge in [0.15, 0.2) is 17.3 Å². The highest BCUT2D eigenvalue weighted by Crippen LogP contribution is 2.38. The lowest BCUT2D eigenvalue weighted by Crippen LogP contribution is -2.00. The maximum absolute atomic E-state index is 13.0. The minimum Gasteiger partial charge on any atom is -0.497 e. The molecule has 0 radical (unpaired) electrons. The average Bonchev–Trinajstić information content (AvgIpc) is 3.13. The Bertz CT molecular complexity index is 1190. The van der Waals surface area contributed by atoms with Gasteiger partial charge in [0.25, 0.3) is 0 Å². The number of carbonyl (C=O) groups excluding carboxylic acids is 1. The van der Waals surface area contributed by atoms with Gasteiger partial charge in [-0.25, -0.2) is 0 Å². The zero-order valence-corrected chi connectivity index (χ0v) is 18.4. The Hall–Kier alpha value is -3.93. The number of fused-ring (bicyclic) bond motifs is 1. The summed E-state index contributed by atoms with van der Waals surface area (Å²) in [5, 5.41) is 0. The molecule has 0 unspecified atom stereocenters. The third-order valence-corrected chi connectivity index (χ3v) is 5.19. The van der Waals surface area contributed by atoms with E-state index in [1.807, 2.05) is 43.3 Å². The molecule has 3 aromatic carbocycles. The molecule has 0 aliphatic carbocycles. The Balaban J connectivity index is 1.55. The predicted molar refractivity (Wildman–Crippen MR) is 121 cm³/mol. The molecule has 0 aromatic heterocycles. The highest BCUT2D eigenvalue weighted by atomic mass is 16.5. The molecule has 4 rings (SSSR count). The molecular formula is C26H24O6. The van der Waals surface area contributed by atoms with Gasteiger partial charge in [-0.15, -0.1) is 0 Å². The largest absolute Gasteiger partial charge is 0.497 e. The normalized spacial score (nSPS) is 13.5. The smallest absolute Gasteiger partial charge is 0.232 e. The first-order valence-corrected chi connectivity index (χ1v) is 10.1. The van der Waals surface area contributed by atoms with Gasteiger partial charge in [-0.1, -0.05) is 18.2 Å². The Morgan fingerprint density at radius 1 is 0.875 bits per heavy atom. The average molecular weight is 432 g/mol. The molecule has 6 nitrogen and oxygen atoms in total. The molecule has 6 heteroatoms. The molecular weight excluding hydrogens is 408 g/mol. The van der Waals surface area contributed by atoms with Crippen molar-refractivity contribution in [3.8, 4) is 28.7 Å². The molecule has 0 N–H and O–H groups in total. The van der Waals surface area contributed by atoms with Gasteiger partial charge in [-0.05, 0) is 60.0 Å². The van der Waals surface area contributed by atoms with Gasteiger partial charge in [0.2, 0.25) is 5.78 Å². The molecule has 0 spiro atoms. The van der Waals surface area contributed by atoms with E-state index in [2.05, 4.69) is 0 Å². The molecule has 0 amide bonds. The summed E-state index contributed by atoms with van der Waals surface area (Å²) in [6.45, 7) is 2.25. The van der Waals surface area contributed by atoms with E-state index >= 15 is 0 Å². The summed E-state index contributed by atoms with van der Waals surface area (Å²) in [5.41, 5.74) is 3.09. The summed E-state index contributed by atoms with van der Waals surface area (Å²) >= 11 is 0. The Morgan fingerprint density at radius 3 is 2.44 bits per heavy atom. The van der Waals surface area contributed by atoms with Crippen molar-refractivity contribution in [1.29, 1.82) is 0 Å². The first-order valence-electron chi connectivity index (χ1n) is 10.1. The summed E-state index contributed by atoms with van der Waals surface area (Å²) in [5.74, 6) is 3.17. The van der Waals surface area contributed by atoms with Crippen LogP contribution in [0.15, 0.2) is 60.4 Å². The summed E-state index contributed by atoms with van der Waals surface area (Å²) in [6.07, 6.45) is 1.69. The van der Waals surface area contributed by atoms with Crippen LogP contribution >= 0.6 is 0 Å². The minimum absolute atomic E-state index is 0.161. The van der Waals surface area contributed by atoms with Crippen LogP contribution in [0.4, 0.5) is 0 Å². The van der Waals surface area contributed by atoms with E-state index in [9.17, 15) is 4.79 Å². The van der Waals surface area contributed by atoms with Gasteiger partial charge in [-0.3, -0.25) is 4.79 Å². The number of aryl methyl sites for hydroxylation is 1. The molecule has 0 fully saturated rings. The third-order valence-electron chi connectivity index (χ3n) is 5.19. The molecule has 164 valence electrons. The van der Waals surface area contributed by atoms with Gasteiger partial charge in [0.05, 0.1) is 26.9 Å². The topological polar surface area (TPSA) is 63.2 Å². The number of hydrogen-bond acceptors (Lipinski definition) is 6. The molecule has 32 heavy (non-hydrogen) atoms. The van der Waals surface area contributed by atoms with Crippen molar-refractivity contribution in [3.05, 3.63) is 82.6 Å². The Labute approximate surface area is 186 Å². The van der Waals surface area contributed by atoms with Crippen molar-refractivity contribution in [3.63, 3.8) is 0 Å². The summed E-state index contributed by atoms with van der Waals surface area (Å²) in [6, 6.07) is 16.7. The van der Waals surface area contributed by atoms with Gasteiger partial charge in [0.1, 0.15) is 23.9 Å². The Kier molecular flexibility index (Phi) is 6.03. The van der Waals surface area contributed by atoms with Crippen LogP contribution in [-0.2, 0) is 6.61 Å². The number of rotatable bonds is 7. The molecule has 1 aliphatic heterocycles. The Morgan fingerprint density at radius 2 is 1.69 bits per heavy atom. The number of carbonyl (C=O) groups is 1. The van der Waals surface area contributed by atoms with Gasteiger partial charge in [0, 0.05) is 6.07 Å². The highest BCUT2D eigenvalue weighted by Gasteiger charge is 2.30. The maximum atomic E-state index is 13.0. The summed E-state index contributed by atoms with van der Waals surface area (Å²) in [4.78, 5) is 13.0. The van der Waals surface area contributed by atoms with Crippen LogP contribution in [0.1, 0.15) is 27.0 Å². The zero-order chi connectivity index (χ0) is 22.7. The molecule has 0 saturated heterocycles. The monoisotopic (exact) mass is 432 g/mol. The first-order chi connectivity index (χ1) is 15.5. The van der Waals surface area contributed by atoms with Crippen molar-refractivity contribution in [2.45, 2.75) is 13.5 Å². The quantitative estimate of drug-likeness (QED) is 0.477. The summed E-state index contributed by atoms with van der Waals surface area (Å²) < 4.78 is 27.7. The number of hydrogen-bond donors (Lipinski definition) is 0. The van der Waals surface area contributed by atoms with E-state index in [4.69, 9.17) is 23.7 Å². The molecule has 1 aliphatic rings. The van der Waals surface area contributed by atoms with Crippen molar-refractivity contribution >= 4 is 11.9 Å². The standard InChI is InChI=1S/C26H24O6/c1-16-10-20(31-15-18-6-5-7-19(11-18)28-2)14-23-25(16)26(27)24(32-23)13-17-8-9-21(29-3)22(12-17)30-4/h5-14H,15H2,1-4H3/b24-13-. The number of allylic oxidation sites excluding steroid dienone is 1. The fourth-order valence-electron chi connectivity index (χ4n) is 3.58. The van der Waals surface area contributed by atoms with Crippen LogP contribution in [0.25, 0.3) is 6.08 Å². The van der Waals surface area contributed by atoms with Crippen LogP contribution in [-0.4, -0.2) is 27.1 Å². The SMILES string of the molecule is COc1cccc(COc2cc(C)c3c(c2)O/C(=C\c2ccc(OC)c(OC)c2)C3=O)c1. The van der Waals surface area contributed by atoms with Crippen LogP contribution in [0.2, 0.25) is 0 Å². The highest BCUT2D eigenvalue weighted by molar-refractivity contribution is 6.15. The second-order valence-electron chi connectivity index (χ2n) is 7.31. The van der Waals surface area contributed by atoms with E-state index in [1.165, 1.54) is 0 Å². The van der Waals surface area contributed by atoms with E-state index in [0.717, 1.165) is 22.4 Å². The van der Waals surface area contributed by atoms with Crippen molar-refractivity contribution < 1.29 is 28.5 Å². The van der Waals surface area contributed by atoms with Crippen molar-refractivity contribution in [2.24, 2.45) is 0 Å². The molecule has 0 saturated carbocycles. The van der Waals surface area contributed by atoms with Crippen LogP contribution < -0.4 is 23.7 Å². The number of ether oxygens (including phenoxy) is 5. The molecule has 0 bridgehead atoms. The number of Topliss-reactive ketones (excluding diaryl/α,β-unsaturated/α-hetero) is 1. The van der Waals surface area contributed by atoms with Crippen molar-refractivity contribution in [1.82, 2.24) is 0 Å². The van der Waals surface area contributed by atoms with E-state index in [0.29, 0.717) is 35.2 Å². The molecule has 0 atom stereocenters. The molecule has 1 heterocycles. The second-order valence-corrected chi connectivity index (χ2v) is 7.31. The molecule has 3 aromatic rings. The lowest BCUT2D eigenvalue weighted by Gasteiger charge is -2.10. The van der Waals surface area contributed by atoms with Crippen LogP contribution in [0.5, 0.6) is 28.7 Å². The number of ketones is 1. The van der Waals surface area contributed by atoms with Crippen molar-refractivity contribution in [2.75, 3.05) is 21.3 Å². The van der Waals surface area contributed by atoms with Gasteiger partial charge >= 0.3 is 0 Å². The third kappa shape index (κ3) is 4.25. The zero-order valence-electron chi connectivity index (χ0n) is 18.4. The second kappa shape index (κ2) is 9.06.